The van der Waals surface area contributed by atoms with Crippen molar-refractivity contribution in [2.24, 2.45) is 0 Å². The van der Waals surface area contributed by atoms with E-state index in [4.69, 9.17) is 11.6 Å². The number of pyridine rings is 1. The Kier molecular flexibility index (Phi) is 3.20. The Morgan fingerprint density at radius 1 is 1.45 bits per heavy atom. The molecule has 0 aliphatic carbocycles. The maximum absolute atomic E-state index is 11.8. The van der Waals surface area contributed by atoms with E-state index in [-0.39, 0.29) is 5.91 Å². The van der Waals surface area contributed by atoms with E-state index in [1.165, 1.54) is 0 Å². The van der Waals surface area contributed by atoms with Crippen molar-refractivity contribution >= 4 is 28.5 Å². The number of amides is 1. The molecule has 0 radical (unpaired) electrons. The number of rotatable bonds is 3. The van der Waals surface area contributed by atoms with E-state index in [9.17, 15) is 4.79 Å². The van der Waals surface area contributed by atoms with Crippen molar-refractivity contribution in [3.63, 3.8) is 0 Å². The monoisotopic (exact) mass is 288 g/mol. The van der Waals surface area contributed by atoms with Crippen molar-refractivity contribution in [1.29, 1.82) is 0 Å². The molecule has 0 aliphatic rings. The molecule has 102 valence electrons. The predicted molar refractivity (Wildman–Crippen MR) is 78.9 cm³/mol. The molecular formula is C14H13ClN4O. The molecule has 6 heteroatoms. The first-order valence-electron chi connectivity index (χ1n) is 6.29. The molecule has 0 saturated carbocycles. The number of carbonyl (C=O) groups is 1. The number of aromatic amines is 2. The van der Waals surface area contributed by atoms with Crippen LogP contribution in [0.25, 0.3) is 22.2 Å². The number of aromatic nitrogens is 3. The van der Waals surface area contributed by atoms with Crippen molar-refractivity contribution in [3.05, 3.63) is 41.4 Å². The summed E-state index contributed by atoms with van der Waals surface area (Å²) in [4.78, 5) is 22.0. The molecule has 0 atom stereocenters. The van der Waals surface area contributed by atoms with E-state index in [0.717, 1.165) is 22.2 Å². The summed E-state index contributed by atoms with van der Waals surface area (Å²) in [5, 5.41) is 4.24. The normalized spacial score (nSPS) is 10.9. The lowest BCUT2D eigenvalue weighted by Gasteiger charge is -2.03. The Hall–Kier alpha value is -2.27. The lowest BCUT2D eigenvalue weighted by Crippen LogP contribution is -2.22. The summed E-state index contributed by atoms with van der Waals surface area (Å²) in [6.07, 6.45) is 5.20. The fourth-order valence-electron chi connectivity index (χ4n) is 2.20. The van der Waals surface area contributed by atoms with Crippen molar-refractivity contribution < 1.29 is 4.79 Å². The highest BCUT2D eigenvalue weighted by Crippen LogP contribution is 2.34. The second kappa shape index (κ2) is 5.02. The molecule has 0 aromatic carbocycles. The Labute approximate surface area is 120 Å². The van der Waals surface area contributed by atoms with Crippen LogP contribution in [0, 0.1) is 0 Å². The summed E-state index contributed by atoms with van der Waals surface area (Å²) in [5.74, 6) is -0.130. The third-order valence-electron chi connectivity index (χ3n) is 3.09. The maximum Gasteiger partial charge on any atom is 0.267 e. The van der Waals surface area contributed by atoms with Gasteiger partial charge in [-0.3, -0.25) is 4.79 Å². The number of hydrogen-bond donors (Lipinski definition) is 3. The lowest BCUT2D eigenvalue weighted by atomic mass is 10.1. The van der Waals surface area contributed by atoms with Crippen LogP contribution in [0.1, 0.15) is 17.4 Å². The Morgan fingerprint density at radius 3 is 3.10 bits per heavy atom. The van der Waals surface area contributed by atoms with Crippen LogP contribution in [0.5, 0.6) is 0 Å². The average molecular weight is 289 g/mol. The standard InChI is InChI=1S/C14H13ClN4O/c1-2-16-14(20)11-5-8(6-18-11)12-9-3-4-17-13(9)19-7-10(12)15/h3-7,18H,2H2,1H3,(H,16,20)(H,17,19). The first-order chi connectivity index (χ1) is 9.70. The first kappa shape index (κ1) is 12.7. The Balaban J connectivity index is 2.09. The predicted octanol–water partition coefficient (Wildman–Crippen LogP) is 2.96. The number of carbonyl (C=O) groups excluding carboxylic acids is 1. The van der Waals surface area contributed by atoms with Gasteiger partial charge in [0.05, 0.1) is 5.02 Å². The number of halogens is 1. The van der Waals surface area contributed by atoms with E-state index >= 15 is 0 Å². The summed E-state index contributed by atoms with van der Waals surface area (Å²) in [7, 11) is 0. The van der Waals surface area contributed by atoms with Gasteiger partial charge in [-0.1, -0.05) is 11.6 Å². The molecule has 3 aromatic heterocycles. The molecule has 3 rings (SSSR count). The SMILES string of the molecule is CCNC(=O)c1cc(-c2c(Cl)cnc3[nH]ccc23)c[nH]1. The topological polar surface area (TPSA) is 73.6 Å². The summed E-state index contributed by atoms with van der Waals surface area (Å²) < 4.78 is 0. The van der Waals surface area contributed by atoms with Crippen LogP contribution in [0.4, 0.5) is 0 Å². The zero-order chi connectivity index (χ0) is 14.1. The Morgan fingerprint density at radius 2 is 2.30 bits per heavy atom. The van der Waals surface area contributed by atoms with Crippen LogP contribution in [-0.2, 0) is 0 Å². The molecule has 0 spiro atoms. The fraction of sp³-hybridized carbons (Fsp3) is 0.143. The maximum atomic E-state index is 11.8. The molecule has 3 heterocycles. The molecule has 5 nitrogen and oxygen atoms in total. The van der Waals surface area contributed by atoms with Gasteiger partial charge in [0.1, 0.15) is 11.3 Å². The van der Waals surface area contributed by atoms with Crippen LogP contribution in [0.3, 0.4) is 0 Å². The lowest BCUT2D eigenvalue weighted by molar-refractivity contribution is 0.0951. The van der Waals surface area contributed by atoms with Gasteiger partial charge in [-0.25, -0.2) is 4.98 Å². The van der Waals surface area contributed by atoms with Crippen LogP contribution >= 0.6 is 11.6 Å². The summed E-state index contributed by atoms with van der Waals surface area (Å²) in [6.45, 7) is 2.47. The van der Waals surface area contributed by atoms with Gasteiger partial charge in [-0.2, -0.15) is 0 Å². The third kappa shape index (κ3) is 2.06. The summed E-state index contributed by atoms with van der Waals surface area (Å²) >= 11 is 6.25. The zero-order valence-electron chi connectivity index (χ0n) is 10.8. The van der Waals surface area contributed by atoms with E-state index in [1.54, 1.807) is 18.5 Å². The minimum Gasteiger partial charge on any atom is -0.357 e. The number of nitrogens with zero attached hydrogens (tertiary/aromatic N) is 1. The number of nitrogens with one attached hydrogen (secondary N) is 3. The number of fused-ring (bicyclic) bond motifs is 1. The van der Waals surface area contributed by atoms with E-state index in [0.29, 0.717) is 17.3 Å². The second-order valence-corrected chi connectivity index (χ2v) is 4.79. The highest BCUT2D eigenvalue weighted by atomic mass is 35.5. The minimum absolute atomic E-state index is 0.130. The highest BCUT2D eigenvalue weighted by Gasteiger charge is 2.14. The van der Waals surface area contributed by atoms with E-state index < -0.39 is 0 Å². The summed E-state index contributed by atoms with van der Waals surface area (Å²) in [5.41, 5.74) is 3.01. The van der Waals surface area contributed by atoms with E-state index in [1.807, 2.05) is 19.2 Å². The molecule has 0 saturated heterocycles. The molecule has 3 N–H and O–H groups in total. The average Bonchev–Trinajstić information content (AvgIpc) is 3.07. The Bertz CT molecular complexity index is 774. The fourth-order valence-corrected chi connectivity index (χ4v) is 2.46. The minimum atomic E-state index is -0.130. The molecule has 0 unspecified atom stereocenters. The van der Waals surface area contributed by atoms with Gasteiger partial charge in [0.15, 0.2) is 0 Å². The van der Waals surface area contributed by atoms with Gasteiger partial charge >= 0.3 is 0 Å². The number of hydrogen-bond acceptors (Lipinski definition) is 2. The number of H-pyrrole nitrogens is 2. The molecule has 3 aromatic rings. The molecule has 0 bridgehead atoms. The second-order valence-electron chi connectivity index (χ2n) is 4.38. The highest BCUT2D eigenvalue weighted by molar-refractivity contribution is 6.34. The van der Waals surface area contributed by atoms with Gasteiger partial charge in [0.2, 0.25) is 0 Å². The van der Waals surface area contributed by atoms with Gasteiger partial charge in [-0.05, 0) is 19.1 Å². The van der Waals surface area contributed by atoms with E-state index in [2.05, 4.69) is 20.3 Å². The van der Waals surface area contributed by atoms with Gasteiger partial charge in [0.25, 0.3) is 5.91 Å². The van der Waals surface area contributed by atoms with Gasteiger partial charge < -0.3 is 15.3 Å². The molecule has 0 fully saturated rings. The molecule has 20 heavy (non-hydrogen) atoms. The van der Waals surface area contributed by atoms with Crippen molar-refractivity contribution in [3.8, 4) is 11.1 Å². The van der Waals surface area contributed by atoms with Crippen molar-refractivity contribution in [2.75, 3.05) is 6.54 Å². The van der Waals surface area contributed by atoms with Gasteiger partial charge in [0, 0.05) is 41.6 Å². The third-order valence-corrected chi connectivity index (χ3v) is 3.38. The first-order valence-corrected chi connectivity index (χ1v) is 6.67. The molecule has 1 amide bonds. The van der Waals surface area contributed by atoms with Crippen LogP contribution in [-0.4, -0.2) is 27.4 Å². The van der Waals surface area contributed by atoms with Gasteiger partial charge in [-0.15, -0.1) is 0 Å². The molecule has 0 aliphatic heterocycles. The largest absolute Gasteiger partial charge is 0.357 e. The van der Waals surface area contributed by atoms with Crippen LogP contribution < -0.4 is 5.32 Å². The quantitative estimate of drug-likeness (QED) is 0.693. The zero-order valence-corrected chi connectivity index (χ0v) is 11.6. The van der Waals surface area contributed by atoms with Crippen LogP contribution in [0.15, 0.2) is 30.7 Å². The molecular weight excluding hydrogens is 276 g/mol. The smallest absolute Gasteiger partial charge is 0.267 e. The summed E-state index contributed by atoms with van der Waals surface area (Å²) in [6, 6.07) is 3.71. The van der Waals surface area contributed by atoms with Crippen LogP contribution in [0.2, 0.25) is 5.02 Å². The van der Waals surface area contributed by atoms with Crippen molar-refractivity contribution in [2.45, 2.75) is 6.92 Å². The van der Waals surface area contributed by atoms with Crippen molar-refractivity contribution in [1.82, 2.24) is 20.3 Å².